The maximum atomic E-state index is 11.7. The van der Waals surface area contributed by atoms with Crippen LogP contribution in [-0.4, -0.2) is 23.6 Å². The lowest BCUT2D eigenvalue weighted by molar-refractivity contribution is -0.142. The SMILES string of the molecule is CCOc1ccccc1C(NC(=O)C1CC1)C(=O)O. The van der Waals surface area contributed by atoms with Crippen LogP contribution in [0.1, 0.15) is 31.4 Å². The van der Waals surface area contributed by atoms with Crippen LogP contribution in [0.15, 0.2) is 24.3 Å². The molecule has 1 aromatic rings. The Labute approximate surface area is 111 Å². The third kappa shape index (κ3) is 3.24. The number of hydrogen-bond donors (Lipinski definition) is 2. The number of carboxylic acids is 1. The van der Waals surface area contributed by atoms with E-state index >= 15 is 0 Å². The monoisotopic (exact) mass is 263 g/mol. The van der Waals surface area contributed by atoms with Crippen LogP contribution in [0.3, 0.4) is 0 Å². The second kappa shape index (κ2) is 5.73. The third-order valence-electron chi connectivity index (χ3n) is 3.01. The molecule has 0 radical (unpaired) electrons. The fourth-order valence-electron chi connectivity index (χ4n) is 1.88. The van der Waals surface area contributed by atoms with Crippen LogP contribution in [0.4, 0.5) is 0 Å². The third-order valence-corrected chi connectivity index (χ3v) is 3.01. The van der Waals surface area contributed by atoms with Gasteiger partial charge in [0.15, 0.2) is 6.04 Å². The van der Waals surface area contributed by atoms with Gasteiger partial charge < -0.3 is 15.2 Å². The van der Waals surface area contributed by atoms with Crippen molar-refractivity contribution in [3.05, 3.63) is 29.8 Å². The Morgan fingerprint density at radius 2 is 2.11 bits per heavy atom. The Balaban J connectivity index is 2.22. The molecule has 2 N–H and O–H groups in total. The van der Waals surface area contributed by atoms with Gasteiger partial charge in [-0.3, -0.25) is 4.79 Å². The van der Waals surface area contributed by atoms with Gasteiger partial charge in [0.25, 0.3) is 0 Å². The number of para-hydroxylation sites is 1. The van der Waals surface area contributed by atoms with Gasteiger partial charge in [-0.25, -0.2) is 4.79 Å². The first-order valence-corrected chi connectivity index (χ1v) is 6.38. The predicted octanol–water partition coefficient (Wildman–Crippen LogP) is 1.74. The molecule has 1 saturated carbocycles. The van der Waals surface area contributed by atoms with Crippen LogP contribution in [0.5, 0.6) is 5.75 Å². The average molecular weight is 263 g/mol. The molecule has 5 heteroatoms. The molecular formula is C14H17NO4. The summed E-state index contributed by atoms with van der Waals surface area (Å²) in [5.74, 6) is -0.811. The van der Waals surface area contributed by atoms with E-state index in [1.165, 1.54) is 0 Å². The number of ether oxygens (including phenoxy) is 1. The Morgan fingerprint density at radius 3 is 2.68 bits per heavy atom. The van der Waals surface area contributed by atoms with Crippen molar-refractivity contribution in [2.75, 3.05) is 6.61 Å². The van der Waals surface area contributed by atoms with Crippen LogP contribution in [0.25, 0.3) is 0 Å². The first-order valence-electron chi connectivity index (χ1n) is 6.38. The van der Waals surface area contributed by atoms with Gasteiger partial charge in [-0.2, -0.15) is 0 Å². The second-order valence-corrected chi connectivity index (χ2v) is 4.52. The molecule has 0 heterocycles. The second-order valence-electron chi connectivity index (χ2n) is 4.52. The van der Waals surface area contributed by atoms with E-state index in [-0.39, 0.29) is 11.8 Å². The average Bonchev–Trinajstić information content (AvgIpc) is 3.21. The maximum absolute atomic E-state index is 11.7. The normalized spacial score (nSPS) is 15.6. The van der Waals surface area contributed by atoms with Crippen LogP contribution in [0.2, 0.25) is 0 Å². The molecule has 1 unspecified atom stereocenters. The zero-order chi connectivity index (χ0) is 13.8. The largest absolute Gasteiger partial charge is 0.493 e. The molecule has 0 spiro atoms. The summed E-state index contributed by atoms with van der Waals surface area (Å²) in [6, 6.07) is 5.82. The number of carbonyl (C=O) groups is 2. The molecule has 1 aliphatic rings. The van der Waals surface area contributed by atoms with Gasteiger partial charge >= 0.3 is 5.97 Å². The summed E-state index contributed by atoms with van der Waals surface area (Å²) in [6.45, 7) is 2.27. The van der Waals surface area contributed by atoms with Crippen LogP contribution >= 0.6 is 0 Å². The lowest BCUT2D eigenvalue weighted by Gasteiger charge is -2.18. The number of nitrogens with one attached hydrogen (secondary N) is 1. The first kappa shape index (κ1) is 13.4. The molecule has 1 fully saturated rings. The molecule has 102 valence electrons. The molecule has 0 bridgehead atoms. The van der Waals surface area contributed by atoms with Gasteiger partial charge in [-0.15, -0.1) is 0 Å². The fourth-order valence-corrected chi connectivity index (χ4v) is 1.88. The number of carbonyl (C=O) groups excluding carboxylic acids is 1. The van der Waals surface area contributed by atoms with E-state index in [4.69, 9.17) is 4.74 Å². The van der Waals surface area contributed by atoms with E-state index in [9.17, 15) is 14.7 Å². The predicted molar refractivity (Wildman–Crippen MR) is 68.9 cm³/mol. The van der Waals surface area contributed by atoms with E-state index < -0.39 is 12.0 Å². The summed E-state index contributed by atoms with van der Waals surface area (Å²) in [6.07, 6.45) is 1.68. The number of carboxylic acid groups (broad SMARTS) is 1. The van der Waals surface area contributed by atoms with E-state index in [0.717, 1.165) is 12.8 Å². The van der Waals surface area contributed by atoms with Crippen molar-refractivity contribution in [1.29, 1.82) is 0 Å². The molecular weight excluding hydrogens is 246 g/mol. The number of benzene rings is 1. The highest BCUT2D eigenvalue weighted by Crippen LogP contribution is 2.31. The van der Waals surface area contributed by atoms with Crippen LogP contribution in [0, 0.1) is 5.92 Å². The van der Waals surface area contributed by atoms with Gasteiger partial charge in [0.05, 0.1) is 6.61 Å². The Kier molecular flexibility index (Phi) is 4.04. The molecule has 2 rings (SSSR count). The van der Waals surface area contributed by atoms with Crippen molar-refractivity contribution in [2.45, 2.75) is 25.8 Å². The lowest BCUT2D eigenvalue weighted by atomic mass is 10.1. The van der Waals surface area contributed by atoms with Gasteiger partial charge in [-0.1, -0.05) is 18.2 Å². The quantitative estimate of drug-likeness (QED) is 0.819. The van der Waals surface area contributed by atoms with Crippen molar-refractivity contribution in [2.24, 2.45) is 5.92 Å². The van der Waals surface area contributed by atoms with Gasteiger partial charge in [-0.05, 0) is 25.8 Å². The summed E-state index contributed by atoms with van der Waals surface area (Å²) in [4.78, 5) is 23.1. The summed E-state index contributed by atoms with van der Waals surface area (Å²) in [7, 11) is 0. The van der Waals surface area contributed by atoms with Gasteiger partial charge in [0.2, 0.25) is 5.91 Å². The molecule has 0 aliphatic heterocycles. The number of rotatable bonds is 6. The van der Waals surface area contributed by atoms with Gasteiger partial charge in [0, 0.05) is 11.5 Å². The standard InChI is InChI=1S/C14H17NO4/c1-2-19-11-6-4-3-5-10(11)12(14(17)18)15-13(16)9-7-8-9/h3-6,9,12H,2,7-8H2,1H3,(H,15,16)(H,17,18). The summed E-state index contributed by atoms with van der Waals surface area (Å²) < 4.78 is 5.41. The minimum absolute atomic E-state index is 0.0268. The Morgan fingerprint density at radius 1 is 1.42 bits per heavy atom. The minimum atomic E-state index is -1.08. The smallest absolute Gasteiger partial charge is 0.331 e. The fraction of sp³-hybridized carbons (Fsp3) is 0.429. The van der Waals surface area contributed by atoms with Crippen molar-refractivity contribution >= 4 is 11.9 Å². The molecule has 0 saturated heterocycles. The van der Waals surface area contributed by atoms with E-state index in [0.29, 0.717) is 17.9 Å². The summed E-state index contributed by atoms with van der Waals surface area (Å²) in [5, 5.41) is 11.9. The van der Waals surface area contributed by atoms with Crippen LogP contribution in [-0.2, 0) is 9.59 Å². The molecule has 1 aromatic carbocycles. The Bertz CT molecular complexity index is 482. The number of amides is 1. The van der Waals surface area contributed by atoms with Crippen LogP contribution < -0.4 is 10.1 Å². The van der Waals surface area contributed by atoms with E-state index in [1.54, 1.807) is 24.3 Å². The minimum Gasteiger partial charge on any atom is -0.493 e. The highest BCUT2D eigenvalue weighted by Gasteiger charge is 2.34. The molecule has 5 nitrogen and oxygen atoms in total. The highest BCUT2D eigenvalue weighted by atomic mass is 16.5. The molecule has 1 atom stereocenters. The molecule has 0 aromatic heterocycles. The van der Waals surface area contributed by atoms with Crippen molar-refractivity contribution in [1.82, 2.24) is 5.32 Å². The molecule has 1 amide bonds. The first-order chi connectivity index (χ1) is 9.13. The number of aliphatic carboxylic acids is 1. The molecule has 1 aliphatic carbocycles. The zero-order valence-electron chi connectivity index (χ0n) is 10.8. The van der Waals surface area contributed by atoms with Crippen molar-refractivity contribution in [3.8, 4) is 5.75 Å². The Hall–Kier alpha value is -2.04. The van der Waals surface area contributed by atoms with Crippen molar-refractivity contribution < 1.29 is 19.4 Å². The van der Waals surface area contributed by atoms with Gasteiger partial charge in [0.1, 0.15) is 5.75 Å². The molecule has 19 heavy (non-hydrogen) atoms. The van der Waals surface area contributed by atoms with E-state index in [2.05, 4.69) is 5.32 Å². The maximum Gasteiger partial charge on any atom is 0.331 e. The summed E-state index contributed by atoms with van der Waals surface area (Å²) >= 11 is 0. The zero-order valence-corrected chi connectivity index (χ0v) is 10.8. The van der Waals surface area contributed by atoms with E-state index in [1.807, 2.05) is 6.92 Å². The highest BCUT2D eigenvalue weighted by molar-refractivity contribution is 5.87. The lowest BCUT2D eigenvalue weighted by Crippen LogP contribution is -2.34. The summed E-state index contributed by atoms with van der Waals surface area (Å²) in [5.41, 5.74) is 0.478. The van der Waals surface area contributed by atoms with Crippen molar-refractivity contribution in [3.63, 3.8) is 0 Å². The number of hydrogen-bond acceptors (Lipinski definition) is 3. The topological polar surface area (TPSA) is 75.6 Å².